The van der Waals surface area contributed by atoms with Gasteiger partial charge in [0, 0.05) is 49.5 Å². The number of hydrogen-bond donors (Lipinski definition) is 4. The monoisotopic (exact) mass is 622 g/mol. The number of nitrogens with one attached hydrogen (secondary N) is 2. The Labute approximate surface area is 266 Å². The summed E-state index contributed by atoms with van der Waals surface area (Å²) in [5.41, 5.74) is 3.55. The lowest BCUT2D eigenvalue weighted by Gasteiger charge is -2.52. The highest BCUT2D eigenvalue weighted by atomic mass is 16.3. The van der Waals surface area contributed by atoms with Crippen molar-refractivity contribution in [1.29, 1.82) is 0 Å². The van der Waals surface area contributed by atoms with Crippen molar-refractivity contribution in [2.24, 2.45) is 5.92 Å². The second kappa shape index (κ2) is 14.4. The lowest BCUT2D eigenvalue weighted by Crippen LogP contribution is -2.75. The molecular formula is C34H50N6O5. The van der Waals surface area contributed by atoms with Gasteiger partial charge in [0.2, 0.25) is 11.8 Å². The summed E-state index contributed by atoms with van der Waals surface area (Å²) in [6.45, 7) is 8.78. The van der Waals surface area contributed by atoms with Crippen molar-refractivity contribution in [3.63, 3.8) is 0 Å². The molecule has 1 aromatic heterocycles. The first kappa shape index (κ1) is 33.1. The van der Waals surface area contributed by atoms with Gasteiger partial charge in [-0.25, -0.2) is 4.68 Å². The molecule has 2 atom stereocenters. The first-order valence-corrected chi connectivity index (χ1v) is 16.8. The first-order chi connectivity index (χ1) is 21.7. The Morgan fingerprint density at radius 2 is 1.80 bits per heavy atom. The van der Waals surface area contributed by atoms with Crippen molar-refractivity contribution in [3.05, 3.63) is 46.8 Å². The van der Waals surface area contributed by atoms with Crippen molar-refractivity contribution in [3.8, 4) is 5.69 Å². The SMILES string of the molecule is CCCCN1C(=O)[C@@H]([C@H](O)C2CCCCC2)NC(=O)C12CCN(Cc1c(C)nn(-c3ccc(C(=O)NCCO)cc3)c1C)CC2. The van der Waals surface area contributed by atoms with E-state index in [-0.39, 0.29) is 36.8 Å². The molecule has 5 rings (SSSR count). The smallest absolute Gasteiger partial charge is 0.251 e. The minimum Gasteiger partial charge on any atom is -0.395 e. The molecule has 3 heterocycles. The Morgan fingerprint density at radius 3 is 2.44 bits per heavy atom. The molecule has 246 valence electrons. The fourth-order valence-electron chi connectivity index (χ4n) is 7.44. The topological polar surface area (TPSA) is 140 Å². The molecule has 2 saturated heterocycles. The maximum atomic E-state index is 13.9. The molecule has 2 aliphatic heterocycles. The molecule has 0 bridgehead atoms. The van der Waals surface area contributed by atoms with Crippen LogP contribution in [-0.2, 0) is 16.1 Å². The number of aliphatic hydroxyl groups excluding tert-OH is 2. The van der Waals surface area contributed by atoms with Crippen LogP contribution in [0.15, 0.2) is 24.3 Å². The lowest BCUT2D eigenvalue weighted by atomic mass is 9.78. The number of amides is 3. The van der Waals surface area contributed by atoms with E-state index >= 15 is 0 Å². The van der Waals surface area contributed by atoms with E-state index in [2.05, 4.69) is 22.5 Å². The highest BCUT2D eigenvalue weighted by Gasteiger charge is 2.55. The van der Waals surface area contributed by atoms with Crippen LogP contribution < -0.4 is 10.6 Å². The van der Waals surface area contributed by atoms with Crippen LogP contribution in [0.3, 0.4) is 0 Å². The van der Waals surface area contributed by atoms with Gasteiger partial charge in [0.25, 0.3) is 5.91 Å². The average Bonchev–Trinajstić information content (AvgIpc) is 3.34. The Hall–Kier alpha value is -3.28. The summed E-state index contributed by atoms with van der Waals surface area (Å²) in [4.78, 5) is 44.2. The molecule has 1 spiro atoms. The van der Waals surface area contributed by atoms with Crippen LogP contribution in [0.5, 0.6) is 0 Å². The van der Waals surface area contributed by atoms with Crippen LogP contribution in [0.25, 0.3) is 5.69 Å². The molecule has 1 aromatic carbocycles. The molecule has 45 heavy (non-hydrogen) atoms. The number of hydrogen-bond acceptors (Lipinski definition) is 7. The van der Waals surface area contributed by atoms with Gasteiger partial charge in [-0.15, -0.1) is 0 Å². The number of piperazine rings is 1. The van der Waals surface area contributed by atoms with E-state index in [0.29, 0.717) is 44.6 Å². The number of rotatable bonds is 11. The second-order valence-electron chi connectivity index (χ2n) is 13.1. The highest BCUT2D eigenvalue weighted by Crippen LogP contribution is 2.37. The maximum absolute atomic E-state index is 13.9. The number of benzene rings is 1. The summed E-state index contributed by atoms with van der Waals surface area (Å²) in [5.74, 6) is -0.422. The van der Waals surface area contributed by atoms with E-state index in [1.54, 1.807) is 12.1 Å². The summed E-state index contributed by atoms with van der Waals surface area (Å²) in [6.07, 6.45) is 7.09. The van der Waals surface area contributed by atoms with E-state index in [4.69, 9.17) is 10.2 Å². The number of piperidine rings is 1. The molecular weight excluding hydrogens is 572 g/mol. The zero-order valence-electron chi connectivity index (χ0n) is 27.1. The predicted octanol–water partition coefficient (Wildman–Crippen LogP) is 2.61. The molecule has 2 aromatic rings. The fraction of sp³-hybridized carbons (Fsp3) is 0.647. The van der Waals surface area contributed by atoms with Gasteiger partial charge < -0.3 is 25.7 Å². The molecule has 1 aliphatic carbocycles. The van der Waals surface area contributed by atoms with Crippen molar-refractivity contribution in [2.45, 2.75) is 103 Å². The summed E-state index contributed by atoms with van der Waals surface area (Å²) >= 11 is 0. The summed E-state index contributed by atoms with van der Waals surface area (Å²) in [5, 5.41) is 30.7. The van der Waals surface area contributed by atoms with Crippen LogP contribution in [0, 0.1) is 19.8 Å². The van der Waals surface area contributed by atoms with E-state index in [0.717, 1.165) is 67.6 Å². The number of aryl methyl sites for hydroxylation is 1. The third-order valence-corrected chi connectivity index (χ3v) is 10.2. The Balaban J connectivity index is 1.27. The van der Waals surface area contributed by atoms with E-state index in [9.17, 15) is 19.5 Å². The molecule has 3 fully saturated rings. The van der Waals surface area contributed by atoms with Gasteiger partial charge >= 0.3 is 0 Å². The van der Waals surface area contributed by atoms with Gasteiger partial charge in [-0.05, 0) is 76.1 Å². The second-order valence-corrected chi connectivity index (χ2v) is 13.1. The van der Waals surface area contributed by atoms with Gasteiger partial charge in [0.15, 0.2) is 0 Å². The van der Waals surface area contributed by atoms with Crippen molar-refractivity contribution < 1.29 is 24.6 Å². The minimum atomic E-state index is -0.884. The van der Waals surface area contributed by atoms with Crippen LogP contribution >= 0.6 is 0 Å². The normalized spacial score (nSPS) is 21.6. The number of aliphatic hydroxyl groups is 2. The standard InChI is InChI=1S/C34H50N6O5/c1-4-5-18-39-32(44)29(30(42)25-9-7-6-8-10-25)36-33(45)34(39)15-19-38(20-16-34)22-28-23(2)37-40(24(28)3)27-13-11-26(12-14-27)31(43)35-17-21-41/h11-14,25,29-30,41-42H,4-10,15-22H2,1-3H3,(H,35,43)(H,36,45)/t29-,30-/m1/s1. The molecule has 1 saturated carbocycles. The van der Waals surface area contributed by atoms with Crippen LogP contribution in [0.2, 0.25) is 0 Å². The Bertz CT molecular complexity index is 1340. The lowest BCUT2D eigenvalue weighted by molar-refractivity contribution is -0.166. The van der Waals surface area contributed by atoms with Gasteiger partial charge in [0.05, 0.1) is 24.1 Å². The van der Waals surface area contributed by atoms with E-state index < -0.39 is 17.7 Å². The molecule has 0 radical (unpaired) electrons. The van der Waals surface area contributed by atoms with E-state index in [1.807, 2.05) is 35.6 Å². The van der Waals surface area contributed by atoms with Gasteiger partial charge in [0.1, 0.15) is 11.6 Å². The summed E-state index contributed by atoms with van der Waals surface area (Å²) in [6, 6.07) is 6.37. The van der Waals surface area contributed by atoms with Crippen LogP contribution in [0.4, 0.5) is 0 Å². The van der Waals surface area contributed by atoms with Gasteiger partial charge in [-0.2, -0.15) is 5.10 Å². The molecule has 11 nitrogen and oxygen atoms in total. The van der Waals surface area contributed by atoms with Crippen LogP contribution in [0.1, 0.15) is 92.0 Å². The minimum absolute atomic E-state index is 0.0543. The number of aromatic nitrogens is 2. The molecule has 0 unspecified atom stereocenters. The largest absolute Gasteiger partial charge is 0.395 e. The predicted molar refractivity (Wildman–Crippen MR) is 171 cm³/mol. The Kier molecular flexibility index (Phi) is 10.6. The number of nitrogens with zero attached hydrogens (tertiary/aromatic N) is 4. The third kappa shape index (κ3) is 6.80. The fourth-order valence-corrected chi connectivity index (χ4v) is 7.44. The highest BCUT2D eigenvalue weighted by molar-refractivity contribution is 6.00. The molecule has 4 N–H and O–H groups in total. The zero-order valence-corrected chi connectivity index (χ0v) is 27.1. The third-order valence-electron chi connectivity index (χ3n) is 10.2. The molecule has 3 amide bonds. The van der Waals surface area contributed by atoms with Crippen LogP contribution in [-0.4, -0.2) is 98.0 Å². The van der Waals surface area contributed by atoms with Crippen molar-refractivity contribution in [2.75, 3.05) is 32.8 Å². The molecule has 3 aliphatic rings. The summed E-state index contributed by atoms with van der Waals surface area (Å²) < 4.78 is 1.89. The maximum Gasteiger partial charge on any atom is 0.251 e. The quantitative estimate of drug-likeness (QED) is 0.302. The number of carbonyl (C=O) groups is 3. The summed E-state index contributed by atoms with van der Waals surface area (Å²) in [7, 11) is 0. The van der Waals surface area contributed by atoms with Gasteiger partial charge in [-0.1, -0.05) is 32.6 Å². The number of carbonyl (C=O) groups excluding carboxylic acids is 3. The van der Waals surface area contributed by atoms with Crippen molar-refractivity contribution >= 4 is 17.7 Å². The first-order valence-electron chi connectivity index (χ1n) is 16.8. The number of likely N-dealkylation sites (tertiary alicyclic amines) is 1. The van der Waals surface area contributed by atoms with Crippen molar-refractivity contribution in [1.82, 2.24) is 30.2 Å². The Morgan fingerprint density at radius 1 is 1.11 bits per heavy atom. The zero-order chi connectivity index (χ0) is 32.1. The van der Waals surface area contributed by atoms with E-state index in [1.165, 1.54) is 0 Å². The number of unbranched alkanes of at least 4 members (excludes halogenated alkanes) is 1. The molecule has 11 heteroatoms. The average molecular weight is 623 g/mol. The van der Waals surface area contributed by atoms with Gasteiger partial charge in [-0.3, -0.25) is 19.3 Å².